The van der Waals surface area contributed by atoms with Crippen LogP contribution in [0.1, 0.15) is 5.69 Å². The van der Waals surface area contributed by atoms with E-state index < -0.39 is 5.91 Å². The molecular weight excluding hydrogens is 296 g/mol. The molecule has 0 aliphatic carbocycles. The topological polar surface area (TPSA) is 91.8 Å². The summed E-state index contributed by atoms with van der Waals surface area (Å²) in [5, 5.41) is 13.2. The number of allylic oxidation sites excluding steroid dienone is 1. The van der Waals surface area contributed by atoms with Crippen LogP contribution in [0.2, 0.25) is 0 Å². The number of pyridine rings is 1. The third kappa shape index (κ3) is 4.36. The van der Waals surface area contributed by atoms with Crippen LogP contribution in [0.15, 0.2) is 59.8 Å². The Balaban J connectivity index is 2.39. The van der Waals surface area contributed by atoms with E-state index in [0.29, 0.717) is 16.3 Å². The summed E-state index contributed by atoms with van der Waals surface area (Å²) >= 11 is 1.18. The molecule has 5 nitrogen and oxygen atoms in total. The van der Waals surface area contributed by atoms with Gasteiger partial charge in [-0.05, 0) is 24.3 Å². The van der Waals surface area contributed by atoms with E-state index in [4.69, 9.17) is 5.73 Å². The average molecular weight is 310 g/mol. The van der Waals surface area contributed by atoms with Crippen molar-refractivity contribution in [3.8, 4) is 6.07 Å². The summed E-state index contributed by atoms with van der Waals surface area (Å²) in [7, 11) is 0. The zero-order valence-electron chi connectivity index (χ0n) is 11.7. The summed E-state index contributed by atoms with van der Waals surface area (Å²) in [5.41, 5.74) is 6.94. The number of thioether (sulfide) groups is 1. The van der Waals surface area contributed by atoms with Crippen LogP contribution in [0.25, 0.3) is 5.57 Å². The molecule has 6 heteroatoms. The first kappa shape index (κ1) is 15.6. The van der Waals surface area contributed by atoms with Crippen molar-refractivity contribution in [1.29, 1.82) is 5.26 Å². The summed E-state index contributed by atoms with van der Waals surface area (Å²) in [4.78, 5) is 15.2. The van der Waals surface area contributed by atoms with Crippen molar-refractivity contribution in [3.05, 3.63) is 65.5 Å². The number of benzene rings is 1. The van der Waals surface area contributed by atoms with Crippen molar-refractivity contribution in [2.24, 2.45) is 5.73 Å². The van der Waals surface area contributed by atoms with Gasteiger partial charge in [0.25, 0.3) is 0 Å². The smallest absolute Gasteiger partial charge is 0.227 e. The van der Waals surface area contributed by atoms with E-state index in [1.807, 2.05) is 30.3 Å². The summed E-state index contributed by atoms with van der Waals surface area (Å²) in [6.45, 7) is 0. The van der Waals surface area contributed by atoms with Crippen molar-refractivity contribution in [1.82, 2.24) is 4.98 Å². The molecule has 1 aromatic carbocycles. The molecule has 0 unspecified atom stereocenters. The van der Waals surface area contributed by atoms with Gasteiger partial charge in [0.15, 0.2) is 0 Å². The number of anilines is 1. The van der Waals surface area contributed by atoms with Crippen LogP contribution in [0.5, 0.6) is 0 Å². The maximum Gasteiger partial charge on any atom is 0.227 e. The second-order valence-electron chi connectivity index (χ2n) is 4.28. The number of rotatable bonds is 6. The van der Waals surface area contributed by atoms with Gasteiger partial charge in [-0.2, -0.15) is 5.26 Å². The van der Waals surface area contributed by atoms with Crippen molar-refractivity contribution in [3.63, 3.8) is 0 Å². The Morgan fingerprint density at radius 1 is 1.23 bits per heavy atom. The lowest BCUT2D eigenvalue weighted by Gasteiger charge is -2.12. The Bertz CT molecular complexity index is 708. The van der Waals surface area contributed by atoms with E-state index in [9.17, 15) is 10.1 Å². The number of nitrogens with zero attached hydrogens (tertiary/aromatic N) is 2. The molecule has 3 N–H and O–H groups in total. The number of hydrogen-bond acceptors (Lipinski definition) is 5. The molecule has 0 fully saturated rings. The number of primary amides is 1. The Morgan fingerprint density at radius 2 is 1.95 bits per heavy atom. The normalized spacial score (nSPS) is 11.2. The van der Waals surface area contributed by atoms with E-state index in [1.54, 1.807) is 24.4 Å². The quantitative estimate of drug-likeness (QED) is 0.800. The van der Waals surface area contributed by atoms with Crippen LogP contribution >= 0.6 is 11.8 Å². The predicted octanol–water partition coefficient (Wildman–Crippen LogP) is 2.60. The van der Waals surface area contributed by atoms with Crippen molar-refractivity contribution in [2.75, 3.05) is 11.1 Å². The second kappa shape index (κ2) is 7.86. The lowest BCUT2D eigenvalue weighted by molar-refractivity contribution is -0.115. The summed E-state index contributed by atoms with van der Waals surface area (Å²) in [5.74, 6) is -0.372. The fourth-order valence-electron chi connectivity index (χ4n) is 1.70. The fourth-order valence-corrected chi connectivity index (χ4v) is 2.47. The van der Waals surface area contributed by atoms with Gasteiger partial charge in [0.2, 0.25) is 5.91 Å². The van der Waals surface area contributed by atoms with Crippen LogP contribution < -0.4 is 11.1 Å². The molecule has 1 aromatic heterocycles. The van der Waals surface area contributed by atoms with Crippen molar-refractivity contribution < 1.29 is 4.79 Å². The molecule has 2 aromatic rings. The zero-order valence-corrected chi connectivity index (χ0v) is 12.5. The zero-order chi connectivity index (χ0) is 15.8. The number of nitrogens with two attached hydrogens (primary N) is 1. The predicted molar refractivity (Wildman–Crippen MR) is 88.5 cm³/mol. The third-order valence-electron chi connectivity index (χ3n) is 2.65. The average Bonchev–Trinajstić information content (AvgIpc) is 2.55. The first-order valence-electron chi connectivity index (χ1n) is 6.49. The van der Waals surface area contributed by atoms with Crippen molar-refractivity contribution >= 4 is 28.9 Å². The molecule has 1 heterocycles. The Hall–Kier alpha value is -2.78. The number of amides is 1. The molecule has 0 saturated carbocycles. The summed E-state index contributed by atoms with van der Waals surface area (Å²) in [6, 6.07) is 16.9. The number of carbonyl (C=O) groups is 1. The highest BCUT2D eigenvalue weighted by Gasteiger charge is 2.12. The van der Waals surface area contributed by atoms with Crippen LogP contribution in [0, 0.1) is 11.3 Å². The maximum absolute atomic E-state index is 11.1. The SMILES string of the molecule is N#C/C(=C(/Nc1ccccc1)SCC(N)=O)c1ccccn1. The van der Waals surface area contributed by atoms with Gasteiger partial charge in [-0.3, -0.25) is 9.78 Å². The van der Waals surface area contributed by atoms with Gasteiger partial charge in [-0.25, -0.2) is 0 Å². The van der Waals surface area contributed by atoms with E-state index in [-0.39, 0.29) is 5.75 Å². The molecule has 1 amide bonds. The van der Waals surface area contributed by atoms with E-state index in [1.165, 1.54) is 11.8 Å². The van der Waals surface area contributed by atoms with Crippen LogP contribution in [-0.4, -0.2) is 16.6 Å². The molecule has 0 aliphatic rings. The van der Waals surface area contributed by atoms with E-state index >= 15 is 0 Å². The van der Waals surface area contributed by atoms with Crippen LogP contribution in [0.4, 0.5) is 5.69 Å². The number of carbonyl (C=O) groups excluding carboxylic acids is 1. The minimum absolute atomic E-state index is 0.0766. The molecule has 110 valence electrons. The van der Waals surface area contributed by atoms with E-state index in [2.05, 4.69) is 16.4 Å². The van der Waals surface area contributed by atoms with Crippen LogP contribution in [-0.2, 0) is 4.79 Å². The van der Waals surface area contributed by atoms with Gasteiger partial charge in [0.05, 0.1) is 16.5 Å². The first-order chi connectivity index (χ1) is 10.7. The van der Waals surface area contributed by atoms with Gasteiger partial charge >= 0.3 is 0 Å². The second-order valence-corrected chi connectivity index (χ2v) is 5.26. The lowest BCUT2D eigenvalue weighted by atomic mass is 10.2. The van der Waals surface area contributed by atoms with Gasteiger partial charge < -0.3 is 11.1 Å². The molecule has 0 radical (unpaired) electrons. The lowest BCUT2D eigenvalue weighted by Crippen LogP contribution is -2.14. The number of para-hydroxylation sites is 1. The standard InChI is InChI=1S/C16H14N4OS/c17-10-13(14-8-4-5-9-19-14)16(22-11-15(18)21)20-12-6-2-1-3-7-12/h1-9,20H,11H2,(H2,18,21)/b16-13+. The number of nitrogens with one attached hydrogen (secondary N) is 1. The van der Waals surface area contributed by atoms with Crippen LogP contribution in [0.3, 0.4) is 0 Å². The molecule has 0 atom stereocenters. The number of hydrogen-bond donors (Lipinski definition) is 2. The maximum atomic E-state index is 11.1. The van der Waals surface area contributed by atoms with Gasteiger partial charge in [-0.15, -0.1) is 0 Å². The Kier molecular flexibility index (Phi) is 5.57. The highest BCUT2D eigenvalue weighted by molar-refractivity contribution is 8.04. The van der Waals surface area contributed by atoms with Gasteiger partial charge in [0, 0.05) is 11.9 Å². The molecule has 22 heavy (non-hydrogen) atoms. The largest absolute Gasteiger partial charge is 0.369 e. The Labute approximate surface area is 132 Å². The molecule has 0 aliphatic heterocycles. The third-order valence-corrected chi connectivity index (χ3v) is 3.67. The van der Waals surface area contributed by atoms with Crippen molar-refractivity contribution in [2.45, 2.75) is 0 Å². The summed E-state index contributed by atoms with van der Waals surface area (Å²) in [6.07, 6.45) is 1.62. The Morgan fingerprint density at radius 3 is 2.55 bits per heavy atom. The highest BCUT2D eigenvalue weighted by atomic mass is 32.2. The minimum atomic E-state index is -0.448. The van der Waals surface area contributed by atoms with Gasteiger partial charge in [0.1, 0.15) is 11.6 Å². The van der Waals surface area contributed by atoms with Gasteiger partial charge in [-0.1, -0.05) is 36.0 Å². The first-order valence-corrected chi connectivity index (χ1v) is 7.48. The highest BCUT2D eigenvalue weighted by Crippen LogP contribution is 2.27. The monoisotopic (exact) mass is 310 g/mol. The summed E-state index contributed by atoms with van der Waals surface area (Å²) < 4.78 is 0. The van der Waals surface area contributed by atoms with E-state index in [0.717, 1.165) is 5.69 Å². The molecular formula is C16H14N4OS. The number of aromatic nitrogens is 1. The number of nitriles is 1. The molecule has 0 spiro atoms. The molecule has 2 rings (SSSR count). The fraction of sp³-hybridized carbons (Fsp3) is 0.0625. The molecule has 0 saturated heterocycles. The minimum Gasteiger partial charge on any atom is -0.369 e. The molecule has 0 bridgehead atoms.